The number of nitro groups is 1. The Bertz CT molecular complexity index is 1470. The van der Waals surface area contributed by atoms with Gasteiger partial charge < -0.3 is 9.15 Å². The molecule has 0 unspecified atom stereocenters. The van der Waals surface area contributed by atoms with Crippen LogP contribution in [-0.4, -0.2) is 25.4 Å². The van der Waals surface area contributed by atoms with Gasteiger partial charge in [-0.2, -0.15) is 0 Å². The van der Waals surface area contributed by atoms with Gasteiger partial charge in [-0.25, -0.2) is 13.4 Å². The van der Waals surface area contributed by atoms with E-state index in [0.717, 1.165) is 17.2 Å². The standard InChI is InChI=1S/C23H21N3O6S/c1-13-5-6-16(23-24-19-9-14(2)15(3)10-22(19)32-23)11-18(13)25-33(29,30)17-7-8-21(31-4)20(12-17)26(27)28/h5-12,25H,1-4H3. The van der Waals surface area contributed by atoms with Crippen LogP contribution in [0.2, 0.25) is 0 Å². The Morgan fingerprint density at radius 2 is 1.73 bits per heavy atom. The molecular formula is C23H21N3O6S. The van der Waals surface area contributed by atoms with Crippen LogP contribution in [0.25, 0.3) is 22.6 Å². The second-order valence-electron chi connectivity index (χ2n) is 7.65. The van der Waals surface area contributed by atoms with Gasteiger partial charge in [-0.15, -0.1) is 0 Å². The van der Waals surface area contributed by atoms with Crippen LogP contribution in [0.4, 0.5) is 11.4 Å². The minimum absolute atomic E-state index is 0.0291. The third kappa shape index (κ3) is 4.24. The lowest BCUT2D eigenvalue weighted by atomic mass is 10.1. The van der Waals surface area contributed by atoms with Crippen molar-refractivity contribution in [1.29, 1.82) is 0 Å². The summed E-state index contributed by atoms with van der Waals surface area (Å²) in [4.78, 5) is 14.9. The molecule has 9 nitrogen and oxygen atoms in total. The molecule has 0 saturated heterocycles. The van der Waals surface area contributed by atoms with E-state index in [-0.39, 0.29) is 10.6 Å². The summed E-state index contributed by atoms with van der Waals surface area (Å²) >= 11 is 0. The fourth-order valence-corrected chi connectivity index (χ4v) is 4.49. The van der Waals surface area contributed by atoms with Crippen molar-refractivity contribution in [3.05, 3.63) is 75.3 Å². The number of benzene rings is 3. The van der Waals surface area contributed by atoms with Crippen molar-refractivity contribution >= 4 is 32.5 Å². The molecule has 0 spiro atoms. The van der Waals surface area contributed by atoms with Crippen LogP contribution >= 0.6 is 0 Å². The highest BCUT2D eigenvalue weighted by molar-refractivity contribution is 7.92. The minimum Gasteiger partial charge on any atom is -0.490 e. The van der Waals surface area contributed by atoms with E-state index in [1.807, 2.05) is 26.0 Å². The third-order valence-corrected chi connectivity index (χ3v) is 6.75. The first-order valence-electron chi connectivity index (χ1n) is 9.93. The van der Waals surface area contributed by atoms with Crippen LogP contribution in [0.1, 0.15) is 16.7 Å². The summed E-state index contributed by atoms with van der Waals surface area (Å²) in [7, 11) is -2.84. The number of anilines is 1. The van der Waals surface area contributed by atoms with Crippen LogP contribution in [0.5, 0.6) is 5.75 Å². The summed E-state index contributed by atoms with van der Waals surface area (Å²) in [5.74, 6) is 0.328. The molecule has 0 aliphatic rings. The first-order valence-corrected chi connectivity index (χ1v) is 11.4. The van der Waals surface area contributed by atoms with Gasteiger partial charge in [0.05, 0.1) is 22.6 Å². The maximum absolute atomic E-state index is 13.0. The highest BCUT2D eigenvalue weighted by Crippen LogP contribution is 2.32. The van der Waals surface area contributed by atoms with Gasteiger partial charge in [-0.05, 0) is 73.9 Å². The number of oxazole rings is 1. The Hall–Kier alpha value is -3.92. The Balaban J connectivity index is 1.71. The fraction of sp³-hybridized carbons (Fsp3) is 0.174. The SMILES string of the molecule is COc1ccc(S(=O)(=O)Nc2cc(-c3nc4cc(C)c(C)cc4o3)ccc2C)cc1[N+](=O)[O-]. The minimum atomic E-state index is -4.11. The van der Waals surface area contributed by atoms with Gasteiger partial charge in [0.2, 0.25) is 5.89 Å². The molecule has 0 aliphatic carbocycles. The number of ether oxygens (including phenoxy) is 1. The normalized spacial score (nSPS) is 11.5. The summed E-state index contributed by atoms with van der Waals surface area (Å²) in [5.41, 5.74) is 4.63. The number of fused-ring (bicyclic) bond motifs is 1. The van der Waals surface area contributed by atoms with Crippen molar-refractivity contribution in [3.8, 4) is 17.2 Å². The van der Waals surface area contributed by atoms with Crippen molar-refractivity contribution in [2.24, 2.45) is 0 Å². The number of aryl methyl sites for hydroxylation is 3. The average molecular weight is 468 g/mol. The third-order valence-electron chi connectivity index (χ3n) is 5.39. The fourth-order valence-electron chi connectivity index (χ4n) is 3.35. The number of nitrogens with one attached hydrogen (secondary N) is 1. The zero-order valence-corrected chi connectivity index (χ0v) is 19.2. The molecular weight excluding hydrogens is 446 g/mol. The number of nitro benzene ring substituents is 1. The molecule has 1 heterocycles. The van der Waals surface area contributed by atoms with Gasteiger partial charge in [0.1, 0.15) is 5.52 Å². The van der Waals surface area contributed by atoms with E-state index in [1.54, 1.807) is 25.1 Å². The highest BCUT2D eigenvalue weighted by Gasteiger charge is 2.23. The van der Waals surface area contributed by atoms with E-state index in [0.29, 0.717) is 33.8 Å². The Kier molecular flexibility index (Phi) is 5.54. The number of hydrogen-bond acceptors (Lipinski definition) is 7. The molecule has 4 rings (SSSR count). The van der Waals surface area contributed by atoms with Gasteiger partial charge in [0.25, 0.3) is 10.0 Å². The number of hydrogen-bond donors (Lipinski definition) is 1. The summed E-state index contributed by atoms with van der Waals surface area (Å²) in [6.45, 7) is 5.72. The van der Waals surface area contributed by atoms with Crippen LogP contribution in [-0.2, 0) is 10.0 Å². The van der Waals surface area contributed by atoms with E-state index in [9.17, 15) is 18.5 Å². The molecule has 0 fully saturated rings. The molecule has 0 radical (unpaired) electrons. The van der Waals surface area contributed by atoms with Gasteiger partial charge in [-0.1, -0.05) is 6.07 Å². The number of rotatable bonds is 6. The molecule has 0 saturated carbocycles. The first kappa shape index (κ1) is 22.3. The molecule has 3 aromatic carbocycles. The van der Waals surface area contributed by atoms with E-state index >= 15 is 0 Å². The Morgan fingerprint density at radius 1 is 1.00 bits per heavy atom. The molecule has 0 bridgehead atoms. The lowest BCUT2D eigenvalue weighted by Crippen LogP contribution is -2.14. The topological polar surface area (TPSA) is 125 Å². The molecule has 0 aliphatic heterocycles. The van der Waals surface area contributed by atoms with Crippen LogP contribution < -0.4 is 9.46 Å². The molecule has 1 N–H and O–H groups in total. The van der Waals surface area contributed by atoms with E-state index < -0.39 is 20.6 Å². The lowest BCUT2D eigenvalue weighted by Gasteiger charge is -2.12. The zero-order chi connectivity index (χ0) is 23.9. The second-order valence-corrected chi connectivity index (χ2v) is 9.33. The maximum atomic E-state index is 13.0. The lowest BCUT2D eigenvalue weighted by molar-refractivity contribution is -0.386. The van der Waals surface area contributed by atoms with Gasteiger partial charge in [0, 0.05) is 11.6 Å². The van der Waals surface area contributed by atoms with Crippen LogP contribution in [0.15, 0.2) is 57.8 Å². The van der Waals surface area contributed by atoms with E-state index in [2.05, 4.69) is 9.71 Å². The van der Waals surface area contributed by atoms with Crippen LogP contribution in [0, 0.1) is 30.9 Å². The predicted octanol–water partition coefficient (Wildman–Crippen LogP) is 5.14. The maximum Gasteiger partial charge on any atom is 0.312 e. The summed E-state index contributed by atoms with van der Waals surface area (Å²) in [6.07, 6.45) is 0. The zero-order valence-electron chi connectivity index (χ0n) is 18.4. The number of aromatic nitrogens is 1. The summed E-state index contributed by atoms with van der Waals surface area (Å²) in [5, 5.41) is 11.3. The summed E-state index contributed by atoms with van der Waals surface area (Å²) in [6, 6.07) is 12.5. The molecule has 0 amide bonds. The predicted molar refractivity (Wildman–Crippen MR) is 124 cm³/mol. The Morgan fingerprint density at radius 3 is 2.42 bits per heavy atom. The van der Waals surface area contributed by atoms with Gasteiger partial charge >= 0.3 is 5.69 Å². The molecule has 170 valence electrons. The van der Waals surface area contributed by atoms with Gasteiger partial charge in [-0.3, -0.25) is 14.8 Å². The molecule has 33 heavy (non-hydrogen) atoms. The van der Waals surface area contributed by atoms with E-state index in [1.165, 1.54) is 19.2 Å². The van der Waals surface area contributed by atoms with Crippen LogP contribution in [0.3, 0.4) is 0 Å². The van der Waals surface area contributed by atoms with Crippen molar-refractivity contribution in [3.63, 3.8) is 0 Å². The first-order chi connectivity index (χ1) is 15.6. The number of methoxy groups -OCH3 is 1. The quantitative estimate of drug-likeness (QED) is 0.307. The second kappa shape index (κ2) is 8.21. The van der Waals surface area contributed by atoms with Crippen molar-refractivity contribution in [1.82, 2.24) is 4.98 Å². The smallest absolute Gasteiger partial charge is 0.312 e. The molecule has 4 aromatic rings. The summed E-state index contributed by atoms with van der Waals surface area (Å²) < 4.78 is 39.3. The molecule has 10 heteroatoms. The number of sulfonamides is 1. The molecule has 0 atom stereocenters. The molecule has 1 aromatic heterocycles. The van der Waals surface area contributed by atoms with E-state index in [4.69, 9.17) is 9.15 Å². The van der Waals surface area contributed by atoms with Crippen molar-refractivity contribution in [2.45, 2.75) is 25.7 Å². The van der Waals surface area contributed by atoms with Crippen molar-refractivity contribution in [2.75, 3.05) is 11.8 Å². The number of nitrogens with zero attached hydrogens (tertiary/aromatic N) is 2. The van der Waals surface area contributed by atoms with Gasteiger partial charge in [0.15, 0.2) is 11.3 Å². The Labute approximate surface area is 190 Å². The monoisotopic (exact) mass is 467 g/mol. The average Bonchev–Trinajstić information content (AvgIpc) is 3.17. The highest BCUT2D eigenvalue weighted by atomic mass is 32.2. The largest absolute Gasteiger partial charge is 0.490 e. The van der Waals surface area contributed by atoms with Crippen molar-refractivity contribution < 1.29 is 22.5 Å².